The highest BCUT2D eigenvalue weighted by molar-refractivity contribution is 6.30. The summed E-state index contributed by atoms with van der Waals surface area (Å²) in [6.45, 7) is 1.46. The molecular formula is C14H12ClNO4. The molecule has 1 aromatic carbocycles. The van der Waals surface area contributed by atoms with E-state index < -0.39 is 12.1 Å². The lowest BCUT2D eigenvalue weighted by atomic mass is 10.3. The van der Waals surface area contributed by atoms with E-state index in [-0.39, 0.29) is 0 Å². The van der Waals surface area contributed by atoms with E-state index in [1.807, 2.05) is 0 Å². The first-order valence-electron chi connectivity index (χ1n) is 5.83. The number of ether oxygens (including phenoxy) is 2. The number of pyridine rings is 1. The van der Waals surface area contributed by atoms with E-state index in [1.54, 1.807) is 36.4 Å². The molecule has 1 unspecified atom stereocenters. The number of rotatable bonds is 5. The van der Waals surface area contributed by atoms with Crippen LogP contribution in [0.5, 0.6) is 17.4 Å². The summed E-state index contributed by atoms with van der Waals surface area (Å²) in [4.78, 5) is 14.7. The standard InChI is InChI=1S/C14H12ClNO4/c1-9(14(17)18)19-11-3-5-12(6-4-11)20-13-7-2-10(15)8-16-13/h2-9H,1H3,(H,17,18). The molecule has 1 aromatic heterocycles. The van der Waals surface area contributed by atoms with E-state index in [4.69, 9.17) is 26.2 Å². The molecule has 0 aliphatic heterocycles. The SMILES string of the molecule is CC(Oc1ccc(Oc2ccc(Cl)cn2)cc1)C(=O)O. The van der Waals surface area contributed by atoms with Crippen molar-refractivity contribution < 1.29 is 19.4 Å². The van der Waals surface area contributed by atoms with Crippen molar-refractivity contribution in [3.63, 3.8) is 0 Å². The Hall–Kier alpha value is -2.27. The molecule has 6 heteroatoms. The van der Waals surface area contributed by atoms with Gasteiger partial charge in [0.1, 0.15) is 11.5 Å². The molecule has 0 saturated carbocycles. The first-order valence-corrected chi connectivity index (χ1v) is 6.21. The van der Waals surface area contributed by atoms with Gasteiger partial charge in [-0.25, -0.2) is 9.78 Å². The molecule has 0 spiro atoms. The number of nitrogens with zero attached hydrogens (tertiary/aromatic N) is 1. The fraction of sp³-hybridized carbons (Fsp3) is 0.143. The number of aromatic nitrogens is 1. The molecule has 1 N–H and O–H groups in total. The number of halogens is 1. The highest BCUT2D eigenvalue weighted by Gasteiger charge is 2.12. The summed E-state index contributed by atoms with van der Waals surface area (Å²) in [6.07, 6.45) is 0.586. The van der Waals surface area contributed by atoms with Crippen molar-refractivity contribution in [1.82, 2.24) is 4.98 Å². The minimum Gasteiger partial charge on any atom is -0.479 e. The number of carboxylic acids is 1. The molecule has 2 rings (SSSR count). The fourth-order valence-corrected chi connectivity index (χ4v) is 1.50. The van der Waals surface area contributed by atoms with Crippen LogP contribution in [0.1, 0.15) is 6.92 Å². The van der Waals surface area contributed by atoms with Gasteiger partial charge in [-0.15, -0.1) is 0 Å². The molecule has 5 nitrogen and oxygen atoms in total. The molecule has 0 aliphatic carbocycles. The predicted octanol–water partition coefficient (Wildman–Crippen LogP) is 3.38. The lowest BCUT2D eigenvalue weighted by Crippen LogP contribution is -2.22. The molecule has 0 fully saturated rings. The van der Waals surface area contributed by atoms with Gasteiger partial charge in [0.15, 0.2) is 6.10 Å². The van der Waals surface area contributed by atoms with Crippen LogP contribution in [-0.2, 0) is 4.79 Å². The van der Waals surface area contributed by atoms with Crippen molar-refractivity contribution in [2.75, 3.05) is 0 Å². The van der Waals surface area contributed by atoms with Gasteiger partial charge in [-0.1, -0.05) is 11.6 Å². The van der Waals surface area contributed by atoms with Crippen LogP contribution in [0.25, 0.3) is 0 Å². The average Bonchev–Trinajstić information content (AvgIpc) is 2.43. The van der Waals surface area contributed by atoms with Crippen LogP contribution in [0, 0.1) is 0 Å². The number of hydrogen-bond acceptors (Lipinski definition) is 4. The maximum Gasteiger partial charge on any atom is 0.344 e. The zero-order valence-electron chi connectivity index (χ0n) is 10.6. The van der Waals surface area contributed by atoms with Crippen LogP contribution in [0.15, 0.2) is 42.6 Å². The van der Waals surface area contributed by atoms with E-state index >= 15 is 0 Å². The molecule has 20 heavy (non-hydrogen) atoms. The van der Waals surface area contributed by atoms with Gasteiger partial charge in [0.25, 0.3) is 0 Å². The van der Waals surface area contributed by atoms with Crippen LogP contribution < -0.4 is 9.47 Å². The maximum atomic E-state index is 10.7. The summed E-state index contributed by atoms with van der Waals surface area (Å²) in [6, 6.07) is 9.92. The minimum atomic E-state index is -1.02. The normalized spacial score (nSPS) is 11.7. The number of carbonyl (C=O) groups is 1. The summed E-state index contributed by atoms with van der Waals surface area (Å²) in [5, 5.41) is 9.28. The van der Waals surface area contributed by atoms with E-state index in [1.165, 1.54) is 13.1 Å². The van der Waals surface area contributed by atoms with E-state index in [2.05, 4.69) is 4.98 Å². The second kappa shape index (κ2) is 6.25. The number of hydrogen-bond donors (Lipinski definition) is 1. The molecule has 0 radical (unpaired) electrons. The lowest BCUT2D eigenvalue weighted by Gasteiger charge is -2.10. The molecule has 0 aliphatic rings. The van der Waals surface area contributed by atoms with Gasteiger partial charge in [0.05, 0.1) is 5.02 Å². The molecule has 0 amide bonds. The Balaban J connectivity index is 2.01. The van der Waals surface area contributed by atoms with Crippen LogP contribution in [0.4, 0.5) is 0 Å². The van der Waals surface area contributed by atoms with Gasteiger partial charge >= 0.3 is 5.97 Å². The van der Waals surface area contributed by atoms with Gasteiger partial charge < -0.3 is 14.6 Å². The lowest BCUT2D eigenvalue weighted by molar-refractivity contribution is -0.144. The Labute approximate surface area is 120 Å². The zero-order valence-corrected chi connectivity index (χ0v) is 11.4. The number of carboxylic acid groups (broad SMARTS) is 1. The Morgan fingerprint density at radius 2 is 1.85 bits per heavy atom. The summed E-state index contributed by atoms with van der Waals surface area (Å²) in [7, 11) is 0. The fourth-order valence-electron chi connectivity index (χ4n) is 1.38. The molecular weight excluding hydrogens is 282 g/mol. The molecule has 1 heterocycles. The quantitative estimate of drug-likeness (QED) is 0.915. The molecule has 0 saturated heterocycles. The maximum absolute atomic E-state index is 10.7. The van der Waals surface area contributed by atoms with Gasteiger partial charge in [-0.05, 0) is 37.3 Å². The second-order valence-corrected chi connectivity index (χ2v) is 4.42. The molecule has 1 atom stereocenters. The van der Waals surface area contributed by atoms with Crippen LogP contribution in [0.2, 0.25) is 5.02 Å². The van der Waals surface area contributed by atoms with Crippen LogP contribution >= 0.6 is 11.6 Å². The topological polar surface area (TPSA) is 68.7 Å². The summed E-state index contributed by atoms with van der Waals surface area (Å²) < 4.78 is 10.7. The highest BCUT2D eigenvalue weighted by Crippen LogP contribution is 2.23. The third kappa shape index (κ3) is 3.86. The van der Waals surface area contributed by atoms with E-state index in [0.717, 1.165) is 0 Å². The molecule has 104 valence electrons. The average molecular weight is 294 g/mol. The van der Waals surface area contributed by atoms with Crippen molar-refractivity contribution in [2.45, 2.75) is 13.0 Å². The Morgan fingerprint density at radius 1 is 1.20 bits per heavy atom. The summed E-state index contributed by atoms with van der Waals surface area (Å²) in [5.74, 6) is 0.420. The Bertz CT molecular complexity index is 583. The Kier molecular flexibility index (Phi) is 4.42. The third-order valence-corrected chi connectivity index (χ3v) is 2.63. The smallest absolute Gasteiger partial charge is 0.344 e. The third-order valence-electron chi connectivity index (χ3n) is 2.41. The molecule has 0 bridgehead atoms. The van der Waals surface area contributed by atoms with Crippen molar-refractivity contribution in [1.29, 1.82) is 0 Å². The largest absolute Gasteiger partial charge is 0.479 e. The van der Waals surface area contributed by atoms with Crippen LogP contribution in [0.3, 0.4) is 0 Å². The monoisotopic (exact) mass is 293 g/mol. The van der Waals surface area contributed by atoms with Gasteiger partial charge in [-0.2, -0.15) is 0 Å². The van der Waals surface area contributed by atoms with Gasteiger partial charge in [-0.3, -0.25) is 0 Å². The minimum absolute atomic E-state index is 0.418. The van der Waals surface area contributed by atoms with Crippen molar-refractivity contribution in [3.8, 4) is 17.4 Å². The summed E-state index contributed by atoms with van der Waals surface area (Å²) >= 11 is 5.73. The van der Waals surface area contributed by atoms with Gasteiger partial charge in [0.2, 0.25) is 5.88 Å². The van der Waals surface area contributed by atoms with Crippen molar-refractivity contribution >= 4 is 17.6 Å². The second-order valence-electron chi connectivity index (χ2n) is 3.99. The predicted molar refractivity (Wildman–Crippen MR) is 73.5 cm³/mol. The van der Waals surface area contributed by atoms with Crippen LogP contribution in [-0.4, -0.2) is 22.2 Å². The van der Waals surface area contributed by atoms with Crippen molar-refractivity contribution in [3.05, 3.63) is 47.6 Å². The number of benzene rings is 1. The van der Waals surface area contributed by atoms with Gasteiger partial charge in [0, 0.05) is 12.3 Å². The first kappa shape index (κ1) is 14.1. The Morgan fingerprint density at radius 3 is 2.40 bits per heavy atom. The molecule has 2 aromatic rings. The number of aliphatic carboxylic acids is 1. The zero-order chi connectivity index (χ0) is 14.5. The van der Waals surface area contributed by atoms with E-state index in [9.17, 15) is 4.79 Å². The van der Waals surface area contributed by atoms with Crippen molar-refractivity contribution in [2.24, 2.45) is 0 Å². The first-order chi connectivity index (χ1) is 9.54. The van der Waals surface area contributed by atoms with E-state index in [0.29, 0.717) is 22.4 Å². The highest BCUT2D eigenvalue weighted by atomic mass is 35.5. The summed E-state index contributed by atoms with van der Waals surface area (Å²) in [5.41, 5.74) is 0.